The third-order valence-electron chi connectivity index (χ3n) is 4.14. The second kappa shape index (κ2) is 6.48. The average molecular weight is 300 g/mol. The number of hydrogen-bond donors (Lipinski definition) is 0. The van der Waals surface area contributed by atoms with Gasteiger partial charge >= 0.3 is 0 Å². The van der Waals surface area contributed by atoms with Crippen LogP contribution in [0.3, 0.4) is 0 Å². The van der Waals surface area contributed by atoms with Crippen molar-refractivity contribution in [1.29, 1.82) is 0 Å². The molecule has 3 heterocycles. The van der Waals surface area contributed by atoms with Crippen LogP contribution in [0.4, 0.5) is 5.82 Å². The largest absolute Gasteiger partial charge is 0.360 e. The van der Waals surface area contributed by atoms with E-state index in [0.717, 1.165) is 50.0 Å². The second-order valence-electron chi connectivity index (χ2n) is 6.33. The van der Waals surface area contributed by atoms with Crippen molar-refractivity contribution in [2.75, 3.05) is 31.1 Å². The number of nitrogens with zero attached hydrogens (tertiary/aromatic N) is 4. The first kappa shape index (κ1) is 15.0. The van der Waals surface area contributed by atoms with Gasteiger partial charge in [-0.1, -0.05) is 25.1 Å². The van der Waals surface area contributed by atoms with Gasteiger partial charge in [-0.2, -0.15) is 0 Å². The van der Waals surface area contributed by atoms with Gasteiger partial charge in [0.1, 0.15) is 5.82 Å². The Morgan fingerprint density at radius 3 is 2.55 bits per heavy atom. The third kappa shape index (κ3) is 3.47. The highest BCUT2D eigenvalue weighted by atomic mass is 16.5. The van der Waals surface area contributed by atoms with E-state index >= 15 is 0 Å². The van der Waals surface area contributed by atoms with Crippen molar-refractivity contribution in [3.05, 3.63) is 41.4 Å². The first-order chi connectivity index (χ1) is 10.6. The molecule has 2 aromatic rings. The van der Waals surface area contributed by atoms with Gasteiger partial charge in [-0.05, 0) is 24.5 Å². The van der Waals surface area contributed by atoms with Crippen molar-refractivity contribution in [2.45, 2.75) is 33.2 Å². The van der Waals surface area contributed by atoms with E-state index in [1.54, 1.807) is 0 Å². The maximum Gasteiger partial charge on any atom is 0.150 e. The minimum Gasteiger partial charge on any atom is -0.360 e. The molecule has 1 aliphatic heterocycles. The highest BCUT2D eigenvalue weighted by Crippen LogP contribution is 2.18. The maximum atomic E-state index is 5.44. The van der Waals surface area contributed by atoms with E-state index in [9.17, 15) is 0 Å². The van der Waals surface area contributed by atoms with Crippen molar-refractivity contribution in [3.8, 4) is 0 Å². The fourth-order valence-corrected chi connectivity index (χ4v) is 2.68. The van der Waals surface area contributed by atoms with Crippen LogP contribution in [0.25, 0.3) is 0 Å². The molecule has 1 saturated heterocycles. The zero-order valence-corrected chi connectivity index (χ0v) is 13.6. The lowest BCUT2D eigenvalue weighted by molar-refractivity contribution is 0.219. The minimum absolute atomic E-state index is 0.418. The molecule has 0 atom stereocenters. The van der Waals surface area contributed by atoms with Gasteiger partial charge in [0.15, 0.2) is 5.76 Å². The Labute approximate surface area is 131 Å². The Morgan fingerprint density at radius 2 is 1.95 bits per heavy atom. The van der Waals surface area contributed by atoms with Crippen LogP contribution in [0.5, 0.6) is 0 Å². The first-order valence-corrected chi connectivity index (χ1v) is 7.97. The minimum atomic E-state index is 0.418. The fourth-order valence-electron chi connectivity index (χ4n) is 2.68. The lowest BCUT2D eigenvalue weighted by Crippen LogP contribution is -2.46. The standard InChI is InChI=1S/C17H24N4O/c1-13(2)16-10-15(22-19-16)12-20-6-8-21(9-7-20)17-5-4-14(3)11-18-17/h4-5,10-11,13H,6-9,12H2,1-3H3. The quantitative estimate of drug-likeness (QED) is 0.869. The number of hydrogen-bond acceptors (Lipinski definition) is 5. The van der Waals surface area contributed by atoms with Crippen molar-refractivity contribution >= 4 is 5.82 Å². The summed E-state index contributed by atoms with van der Waals surface area (Å²) in [5, 5.41) is 4.13. The van der Waals surface area contributed by atoms with Gasteiger partial charge in [-0.3, -0.25) is 4.90 Å². The molecule has 0 radical (unpaired) electrons. The van der Waals surface area contributed by atoms with Gasteiger partial charge in [0.25, 0.3) is 0 Å². The summed E-state index contributed by atoms with van der Waals surface area (Å²) in [6.07, 6.45) is 1.93. The molecule has 118 valence electrons. The number of pyridine rings is 1. The predicted octanol–water partition coefficient (Wildman–Crippen LogP) is 2.82. The van der Waals surface area contributed by atoms with E-state index in [0.29, 0.717) is 5.92 Å². The third-order valence-corrected chi connectivity index (χ3v) is 4.14. The normalized spacial score (nSPS) is 16.5. The van der Waals surface area contributed by atoms with Crippen molar-refractivity contribution in [2.24, 2.45) is 0 Å². The number of anilines is 1. The summed E-state index contributed by atoms with van der Waals surface area (Å²) in [4.78, 5) is 9.27. The predicted molar refractivity (Wildman–Crippen MR) is 87.1 cm³/mol. The monoisotopic (exact) mass is 300 g/mol. The summed E-state index contributed by atoms with van der Waals surface area (Å²) in [7, 11) is 0. The summed E-state index contributed by atoms with van der Waals surface area (Å²) >= 11 is 0. The van der Waals surface area contributed by atoms with Crippen molar-refractivity contribution in [3.63, 3.8) is 0 Å². The molecule has 0 aromatic carbocycles. The zero-order chi connectivity index (χ0) is 15.5. The SMILES string of the molecule is Cc1ccc(N2CCN(Cc3cc(C(C)C)no3)CC2)nc1. The molecule has 5 heteroatoms. The van der Waals surface area contributed by atoms with E-state index in [-0.39, 0.29) is 0 Å². The second-order valence-corrected chi connectivity index (χ2v) is 6.33. The Morgan fingerprint density at radius 1 is 1.18 bits per heavy atom. The fraction of sp³-hybridized carbons (Fsp3) is 0.529. The molecule has 1 fully saturated rings. The van der Waals surface area contributed by atoms with Crippen LogP contribution in [0.15, 0.2) is 28.9 Å². The maximum absolute atomic E-state index is 5.44. The van der Waals surface area contributed by atoms with Crippen molar-refractivity contribution in [1.82, 2.24) is 15.0 Å². The highest BCUT2D eigenvalue weighted by Gasteiger charge is 2.19. The Bertz CT molecular complexity index is 597. The number of aromatic nitrogens is 2. The number of aryl methyl sites for hydroxylation is 1. The molecule has 0 bridgehead atoms. The smallest absolute Gasteiger partial charge is 0.150 e. The number of piperazine rings is 1. The van der Waals surface area contributed by atoms with Gasteiger partial charge < -0.3 is 9.42 Å². The van der Waals surface area contributed by atoms with E-state index in [2.05, 4.69) is 58.9 Å². The molecule has 0 amide bonds. The van der Waals surface area contributed by atoms with Crippen LogP contribution in [-0.4, -0.2) is 41.2 Å². The van der Waals surface area contributed by atoms with Crippen LogP contribution in [0, 0.1) is 6.92 Å². The molecule has 1 aliphatic rings. The van der Waals surface area contributed by atoms with Crippen LogP contribution in [0.2, 0.25) is 0 Å². The van der Waals surface area contributed by atoms with Gasteiger partial charge in [-0.25, -0.2) is 4.98 Å². The molecular weight excluding hydrogens is 276 g/mol. The molecule has 0 unspecified atom stereocenters. The van der Waals surface area contributed by atoms with Gasteiger partial charge in [0, 0.05) is 38.4 Å². The van der Waals surface area contributed by atoms with Crippen LogP contribution in [0.1, 0.15) is 36.8 Å². The molecule has 2 aromatic heterocycles. The molecule has 0 N–H and O–H groups in total. The lowest BCUT2D eigenvalue weighted by atomic mass is 10.1. The lowest BCUT2D eigenvalue weighted by Gasteiger charge is -2.34. The summed E-state index contributed by atoms with van der Waals surface area (Å²) in [5.74, 6) is 2.46. The van der Waals surface area contributed by atoms with Gasteiger partial charge in [0.05, 0.1) is 12.2 Å². The van der Waals surface area contributed by atoms with E-state index in [1.807, 2.05) is 6.20 Å². The molecule has 3 rings (SSSR count). The van der Waals surface area contributed by atoms with Crippen molar-refractivity contribution < 1.29 is 4.52 Å². The summed E-state index contributed by atoms with van der Waals surface area (Å²) in [6.45, 7) is 11.2. The molecule has 0 spiro atoms. The van der Waals surface area contributed by atoms with Gasteiger partial charge in [0.2, 0.25) is 0 Å². The molecule has 5 nitrogen and oxygen atoms in total. The first-order valence-electron chi connectivity index (χ1n) is 7.97. The Hall–Kier alpha value is -1.88. The summed E-state index contributed by atoms with van der Waals surface area (Å²) in [5.41, 5.74) is 2.24. The Balaban J connectivity index is 1.54. The van der Waals surface area contributed by atoms with E-state index < -0.39 is 0 Å². The topological polar surface area (TPSA) is 45.4 Å². The average Bonchev–Trinajstić information content (AvgIpc) is 2.98. The van der Waals surface area contributed by atoms with Crippen LogP contribution in [-0.2, 0) is 6.54 Å². The highest BCUT2D eigenvalue weighted by molar-refractivity contribution is 5.39. The van der Waals surface area contributed by atoms with Crippen LogP contribution < -0.4 is 4.90 Å². The van der Waals surface area contributed by atoms with E-state index in [1.165, 1.54) is 5.56 Å². The molecular formula is C17H24N4O. The molecule has 22 heavy (non-hydrogen) atoms. The van der Waals surface area contributed by atoms with E-state index in [4.69, 9.17) is 4.52 Å². The summed E-state index contributed by atoms with van der Waals surface area (Å²) in [6, 6.07) is 6.31. The number of rotatable bonds is 4. The molecule has 0 aliphatic carbocycles. The summed E-state index contributed by atoms with van der Waals surface area (Å²) < 4.78 is 5.44. The Kier molecular flexibility index (Phi) is 4.43. The zero-order valence-electron chi connectivity index (χ0n) is 13.6. The van der Waals surface area contributed by atoms with Crippen LogP contribution >= 0.6 is 0 Å². The van der Waals surface area contributed by atoms with Gasteiger partial charge in [-0.15, -0.1) is 0 Å². The molecule has 0 saturated carbocycles.